The Bertz CT molecular complexity index is 820. The van der Waals surface area contributed by atoms with Crippen molar-refractivity contribution in [3.05, 3.63) is 42.5 Å². The van der Waals surface area contributed by atoms with Crippen LogP contribution in [0.2, 0.25) is 0 Å². The lowest BCUT2D eigenvalue weighted by Crippen LogP contribution is -2.25. The van der Waals surface area contributed by atoms with Crippen molar-refractivity contribution in [3.8, 4) is 0 Å². The number of anilines is 1. The quantitative estimate of drug-likeness (QED) is 0.767. The van der Waals surface area contributed by atoms with Gasteiger partial charge in [0.25, 0.3) is 0 Å². The van der Waals surface area contributed by atoms with Crippen LogP contribution in [0, 0.1) is 0 Å². The minimum absolute atomic E-state index is 0.626. The van der Waals surface area contributed by atoms with E-state index in [9.17, 15) is 4.79 Å². The minimum Gasteiger partial charge on any atom is -0.480 e. The summed E-state index contributed by atoms with van der Waals surface area (Å²) in [6.07, 6.45) is 0. The van der Waals surface area contributed by atoms with Crippen LogP contribution >= 0.6 is 0 Å². The van der Waals surface area contributed by atoms with Gasteiger partial charge in [-0.15, -0.1) is 0 Å². The van der Waals surface area contributed by atoms with Crippen LogP contribution in [0.3, 0.4) is 0 Å². The molecule has 0 aliphatic carbocycles. The summed E-state index contributed by atoms with van der Waals surface area (Å²) in [4.78, 5) is 11.1. The average molecular weight is 282 g/mol. The second kappa shape index (κ2) is 5.13. The van der Waals surface area contributed by atoms with Crippen LogP contribution in [0.25, 0.3) is 21.8 Å². The zero-order valence-electron chi connectivity index (χ0n) is 12.1. The van der Waals surface area contributed by atoms with E-state index in [2.05, 4.69) is 35.0 Å². The summed E-state index contributed by atoms with van der Waals surface area (Å²) in [6.45, 7) is 4.59. The molecule has 4 heteroatoms. The van der Waals surface area contributed by atoms with E-state index in [0.29, 0.717) is 0 Å². The summed E-state index contributed by atoms with van der Waals surface area (Å²) >= 11 is 0. The van der Waals surface area contributed by atoms with E-state index in [4.69, 9.17) is 5.11 Å². The molecule has 0 radical (unpaired) electrons. The van der Waals surface area contributed by atoms with E-state index in [1.807, 2.05) is 24.3 Å². The molecule has 0 fully saturated rings. The molecule has 2 aromatic carbocycles. The van der Waals surface area contributed by atoms with Gasteiger partial charge in [-0.3, -0.25) is 4.79 Å². The molecule has 0 amide bonds. The van der Waals surface area contributed by atoms with Crippen LogP contribution in [0.4, 0.5) is 5.69 Å². The number of aryl methyl sites for hydroxylation is 1. The largest absolute Gasteiger partial charge is 0.480 e. The molecule has 2 N–H and O–H groups in total. The van der Waals surface area contributed by atoms with Gasteiger partial charge in [0.1, 0.15) is 6.04 Å². The third-order valence-electron chi connectivity index (χ3n) is 3.85. The lowest BCUT2D eigenvalue weighted by atomic mass is 10.1. The second-order valence-electron chi connectivity index (χ2n) is 5.17. The number of hydrogen-bond donors (Lipinski definition) is 2. The highest BCUT2D eigenvalue weighted by atomic mass is 16.4. The van der Waals surface area contributed by atoms with Gasteiger partial charge in [0.2, 0.25) is 0 Å². The zero-order chi connectivity index (χ0) is 15.0. The first-order chi connectivity index (χ1) is 10.1. The number of para-hydroxylation sites is 2. The number of carboxylic acids is 1. The maximum Gasteiger partial charge on any atom is 0.325 e. The number of fused-ring (bicyclic) bond motifs is 3. The highest BCUT2D eigenvalue weighted by molar-refractivity contribution is 6.12. The highest BCUT2D eigenvalue weighted by Crippen LogP contribution is 2.33. The van der Waals surface area contributed by atoms with Crippen molar-refractivity contribution in [2.75, 3.05) is 5.32 Å². The predicted molar refractivity (Wildman–Crippen MR) is 85.8 cm³/mol. The molecule has 0 saturated heterocycles. The molecule has 1 heterocycles. The number of aromatic nitrogens is 1. The van der Waals surface area contributed by atoms with Gasteiger partial charge < -0.3 is 15.0 Å². The molecule has 21 heavy (non-hydrogen) atoms. The maximum absolute atomic E-state index is 11.1. The Hall–Kier alpha value is -2.49. The lowest BCUT2D eigenvalue weighted by molar-refractivity contribution is -0.137. The molecular formula is C17H18N2O2. The van der Waals surface area contributed by atoms with Crippen LogP contribution < -0.4 is 5.32 Å². The molecule has 108 valence electrons. The van der Waals surface area contributed by atoms with Crippen molar-refractivity contribution in [2.45, 2.75) is 26.4 Å². The van der Waals surface area contributed by atoms with Gasteiger partial charge >= 0.3 is 5.97 Å². The van der Waals surface area contributed by atoms with Crippen LogP contribution in [-0.4, -0.2) is 21.7 Å². The highest BCUT2D eigenvalue weighted by Gasteiger charge is 2.16. The molecule has 0 bridgehead atoms. The lowest BCUT2D eigenvalue weighted by Gasteiger charge is -2.14. The van der Waals surface area contributed by atoms with Gasteiger partial charge in [-0.2, -0.15) is 0 Å². The first-order valence-corrected chi connectivity index (χ1v) is 7.12. The molecule has 1 aromatic heterocycles. The summed E-state index contributed by atoms with van der Waals surface area (Å²) < 4.78 is 2.22. The summed E-state index contributed by atoms with van der Waals surface area (Å²) in [6, 6.07) is 13.6. The van der Waals surface area contributed by atoms with Gasteiger partial charge in [0, 0.05) is 22.8 Å². The summed E-state index contributed by atoms with van der Waals surface area (Å²) in [7, 11) is 0. The van der Waals surface area contributed by atoms with Crippen LogP contribution in [0.1, 0.15) is 13.8 Å². The molecule has 4 nitrogen and oxygen atoms in total. The number of benzene rings is 2. The Morgan fingerprint density at radius 3 is 2.62 bits per heavy atom. The number of nitrogens with zero attached hydrogens (tertiary/aromatic N) is 1. The summed E-state index contributed by atoms with van der Waals surface area (Å²) in [5.41, 5.74) is 3.10. The molecule has 3 aromatic rings. The normalized spacial score (nSPS) is 12.7. The number of rotatable bonds is 4. The van der Waals surface area contributed by atoms with E-state index < -0.39 is 12.0 Å². The van der Waals surface area contributed by atoms with Crippen molar-refractivity contribution in [1.82, 2.24) is 4.57 Å². The molecule has 1 unspecified atom stereocenters. The predicted octanol–water partition coefficient (Wildman–Crippen LogP) is 3.70. The first kappa shape index (κ1) is 13.5. The monoisotopic (exact) mass is 282 g/mol. The molecule has 1 atom stereocenters. The third kappa shape index (κ3) is 2.13. The Kier molecular flexibility index (Phi) is 3.29. The van der Waals surface area contributed by atoms with Crippen molar-refractivity contribution in [2.24, 2.45) is 0 Å². The topological polar surface area (TPSA) is 54.3 Å². The smallest absolute Gasteiger partial charge is 0.325 e. The fourth-order valence-electron chi connectivity index (χ4n) is 2.85. The van der Waals surface area contributed by atoms with Gasteiger partial charge in [0.15, 0.2) is 0 Å². The number of carboxylic acid groups (broad SMARTS) is 1. The molecule has 0 aliphatic rings. The van der Waals surface area contributed by atoms with E-state index in [0.717, 1.165) is 23.1 Å². The Morgan fingerprint density at radius 1 is 1.19 bits per heavy atom. The first-order valence-electron chi connectivity index (χ1n) is 7.12. The zero-order valence-corrected chi connectivity index (χ0v) is 12.1. The third-order valence-corrected chi connectivity index (χ3v) is 3.85. The second-order valence-corrected chi connectivity index (χ2v) is 5.17. The summed E-state index contributed by atoms with van der Waals surface area (Å²) in [5, 5.41) is 14.6. The van der Waals surface area contributed by atoms with Crippen molar-refractivity contribution < 1.29 is 9.90 Å². The van der Waals surface area contributed by atoms with Gasteiger partial charge in [-0.25, -0.2) is 0 Å². The Balaban J connectivity index is 2.29. The number of hydrogen-bond acceptors (Lipinski definition) is 2. The minimum atomic E-state index is -0.855. The van der Waals surface area contributed by atoms with Crippen molar-refractivity contribution >= 4 is 33.5 Å². The fourth-order valence-corrected chi connectivity index (χ4v) is 2.85. The van der Waals surface area contributed by atoms with E-state index in [1.165, 1.54) is 10.9 Å². The Morgan fingerprint density at radius 2 is 1.90 bits per heavy atom. The fraction of sp³-hybridized carbons (Fsp3) is 0.235. The molecule has 0 spiro atoms. The standard InChI is InChI=1S/C17H18N2O2/c1-3-19-15-10-5-4-7-12(15)13-8-6-9-14(16(13)19)18-11(2)17(20)21/h4-11,18H,3H2,1-2H3,(H,20,21). The van der Waals surface area contributed by atoms with Crippen molar-refractivity contribution in [3.63, 3.8) is 0 Å². The van der Waals surface area contributed by atoms with E-state index in [-0.39, 0.29) is 0 Å². The van der Waals surface area contributed by atoms with Crippen LogP contribution in [0.5, 0.6) is 0 Å². The Labute approximate surface area is 123 Å². The SMILES string of the molecule is CCn1c2ccccc2c2cccc(NC(C)C(=O)O)c21. The number of aliphatic carboxylic acids is 1. The number of carbonyl (C=O) groups is 1. The maximum atomic E-state index is 11.1. The molecular weight excluding hydrogens is 264 g/mol. The van der Waals surface area contributed by atoms with E-state index >= 15 is 0 Å². The van der Waals surface area contributed by atoms with Crippen LogP contribution in [0.15, 0.2) is 42.5 Å². The van der Waals surface area contributed by atoms with Gasteiger partial charge in [-0.05, 0) is 26.0 Å². The van der Waals surface area contributed by atoms with Crippen LogP contribution in [-0.2, 0) is 11.3 Å². The molecule has 0 saturated carbocycles. The summed E-state index contributed by atoms with van der Waals surface area (Å²) in [5.74, 6) is -0.855. The van der Waals surface area contributed by atoms with Gasteiger partial charge in [-0.1, -0.05) is 30.3 Å². The number of nitrogens with one attached hydrogen (secondary N) is 1. The van der Waals surface area contributed by atoms with E-state index in [1.54, 1.807) is 6.92 Å². The van der Waals surface area contributed by atoms with Gasteiger partial charge in [0.05, 0.1) is 11.2 Å². The molecule has 3 rings (SSSR count). The van der Waals surface area contributed by atoms with Crippen molar-refractivity contribution in [1.29, 1.82) is 0 Å². The average Bonchev–Trinajstić information content (AvgIpc) is 2.82. The molecule has 0 aliphatic heterocycles.